The first-order valence-electron chi connectivity index (χ1n) is 4.75. The molecule has 4 heteroatoms. The molecule has 0 fully saturated rings. The Morgan fingerprint density at radius 2 is 2.00 bits per heavy atom. The average molecular weight is 270 g/mol. The van der Waals surface area contributed by atoms with Gasteiger partial charge in [0.15, 0.2) is 0 Å². The Morgan fingerprint density at radius 1 is 1.33 bits per heavy atom. The molecule has 0 radical (unpaired) electrons. The van der Waals surface area contributed by atoms with Gasteiger partial charge < -0.3 is 0 Å². The third kappa shape index (κ3) is 3.60. The summed E-state index contributed by atoms with van der Waals surface area (Å²) in [5, 5.41) is 2.42. The van der Waals surface area contributed by atoms with Crippen molar-refractivity contribution in [2.75, 3.05) is 7.05 Å². The van der Waals surface area contributed by atoms with Crippen LogP contribution in [0.3, 0.4) is 0 Å². The molecule has 0 aromatic heterocycles. The van der Waals surface area contributed by atoms with E-state index in [-0.39, 0.29) is 0 Å². The van der Waals surface area contributed by atoms with Gasteiger partial charge in [0.25, 0.3) is 0 Å². The first kappa shape index (κ1) is 12.1. The van der Waals surface area contributed by atoms with Gasteiger partial charge in [-0.25, -0.2) is 0 Å². The van der Waals surface area contributed by atoms with E-state index in [4.69, 9.17) is 4.74 Å². The number of amides is 1. The van der Waals surface area contributed by atoms with Gasteiger partial charge in [-0.05, 0) is 0 Å². The van der Waals surface area contributed by atoms with Crippen LogP contribution in [0.25, 0.3) is 0 Å². The number of rotatable bonds is 2. The molecule has 0 saturated carbocycles. The molecule has 1 amide bonds. The molecule has 0 aliphatic rings. The van der Waals surface area contributed by atoms with Crippen molar-refractivity contribution in [2.24, 2.45) is 0 Å². The Morgan fingerprint density at radius 3 is 2.53 bits per heavy atom. The molecule has 0 aliphatic carbocycles. The number of nitrogens with one attached hydrogen (secondary N) is 1. The zero-order valence-electron chi connectivity index (χ0n) is 9.57. The van der Waals surface area contributed by atoms with Crippen LogP contribution in [0.1, 0.15) is 0 Å². The van der Waals surface area contributed by atoms with Gasteiger partial charge in [-0.3, -0.25) is 0 Å². The Balaban J connectivity index is 2.88. The summed E-state index contributed by atoms with van der Waals surface area (Å²) in [6.45, 7) is 0. The number of benzene rings is 1. The summed E-state index contributed by atoms with van der Waals surface area (Å²) in [4.78, 5) is 11.0. The predicted octanol–water partition coefficient (Wildman–Crippen LogP) is 1.95. The molecule has 1 rings (SSSR count). The van der Waals surface area contributed by atoms with Crippen molar-refractivity contribution in [2.45, 2.75) is 17.1 Å². The van der Waals surface area contributed by atoms with Crippen molar-refractivity contribution in [3.8, 4) is 5.75 Å². The van der Waals surface area contributed by atoms with E-state index < -0.39 is 19.6 Å². The van der Waals surface area contributed by atoms with E-state index in [2.05, 4.69) is 28.5 Å². The van der Waals surface area contributed by atoms with E-state index in [0.717, 1.165) is 0 Å². The molecule has 0 heterocycles. The van der Waals surface area contributed by atoms with Crippen LogP contribution in [-0.4, -0.2) is 26.7 Å². The second-order valence-electron chi connectivity index (χ2n) is 4.15. The minimum absolute atomic E-state index is 0.424. The topological polar surface area (TPSA) is 38.3 Å². The summed E-state index contributed by atoms with van der Waals surface area (Å²) in [7, 11) is 1.55. The molecule has 0 unspecified atom stereocenters. The Labute approximate surface area is 93.3 Å². The zero-order valence-corrected chi connectivity index (χ0v) is 11.4. The van der Waals surface area contributed by atoms with Gasteiger partial charge in [-0.2, -0.15) is 0 Å². The van der Waals surface area contributed by atoms with Crippen LogP contribution >= 0.6 is 0 Å². The molecule has 0 saturated heterocycles. The molecular weight excluding hydrogens is 253 g/mol. The molecule has 1 aromatic rings. The zero-order chi connectivity index (χ0) is 11.5. The molecule has 1 N–H and O–H groups in total. The van der Waals surface area contributed by atoms with Gasteiger partial charge in [-0.15, -0.1) is 0 Å². The van der Waals surface area contributed by atoms with Crippen LogP contribution in [-0.2, 0) is 0 Å². The fourth-order valence-electron chi connectivity index (χ4n) is 1.12. The fourth-order valence-corrected chi connectivity index (χ4v) is 3.32. The average Bonchev–Trinajstić information content (AvgIpc) is 2.17. The summed E-state index contributed by atoms with van der Waals surface area (Å²) in [5.41, 5.74) is 6.87. The third-order valence-electron chi connectivity index (χ3n) is 2.01. The Hall–Kier alpha value is -0.952. The summed E-state index contributed by atoms with van der Waals surface area (Å²) < 4.78 is 6.39. The van der Waals surface area contributed by atoms with Gasteiger partial charge in [0, 0.05) is 0 Å². The number of ether oxygens (including phenoxy) is 1. The van der Waals surface area contributed by atoms with Crippen molar-refractivity contribution < 1.29 is 9.53 Å². The van der Waals surface area contributed by atoms with Crippen molar-refractivity contribution in [3.63, 3.8) is 0 Å². The SMILES string of the molecule is CNC(=O)Oc1cccc([As+](C)(C)C)c1. The molecule has 15 heavy (non-hydrogen) atoms. The monoisotopic (exact) mass is 270 g/mol. The van der Waals surface area contributed by atoms with Crippen molar-refractivity contribution in [3.05, 3.63) is 24.3 Å². The van der Waals surface area contributed by atoms with Crippen LogP contribution < -0.4 is 14.4 Å². The predicted molar refractivity (Wildman–Crippen MR) is 64.5 cm³/mol. The number of carbonyl (C=O) groups is 1. The van der Waals surface area contributed by atoms with E-state index in [1.807, 2.05) is 12.1 Å². The van der Waals surface area contributed by atoms with Crippen LogP contribution in [0.5, 0.6) is 5.75 Å². The second-order valence-corrected chi connectivity index (χ2v) is 13.7. The van der Waals surface area contributed by atoms with E-state index in [1.165, 1.54) is 4.35 Å². The van der Waals surface area contributed by atoms with Crippen molar-refractivity contribution in [1.82, 2.24) is 5.32 Å². The minimum atomic E-state index is -1.67. The van der Waals surface area contributed by atoms with E-state index in [9.17, 15) is 4.79 Å². The maximum atomic E-state index is 11.0. The summed E-state index contributed by atoms with van der Waals surface area (Å²) >= 11 is -1.67. The Bertz CT molecular complexity index is 358. The molecule has 0 spiro atoms. The normalized spacial score (nSPS) is 10.9. The van der Waals surface area contributed by atoms with Gasteiger partial charge >= 0.3 is 93.0 Å². The van der Waals surface area contributed by atoms with Crippen LogP contribution in [0, 0.1) is 0 Å². The molecule has 0 aliphatic heterocycles. The number of hydrogen-bond donors (Lipinski definition) is 1. The fraction of sp³-hybridized carbons (Fsp3) is 0.364. The van der Waals surface area contributed by atoms with Gasteiger partial charge in [0.1, 0.15) is 0 Å². The quantitative estimate of drug-likeness (QED) is 0.834. The third-order valence-corrected chi connectivity index (χ3v) is 5.84. The maximum absolute atomic E-state index is 11.0. The Kier molecular flexibility index (Phi) is 3.81. The van der Waals surface area contributed by atoms with E-state index >= 15 is 0 Å². The van der Waals surface area contributed by atoms with Gasteiger partial charge in [0.2, 0.25) is 0 Å². The molecule has 0 bridgehead atoms. The summed E-state index contributed by atoms with van der Waals surface area (Å²) in [6.07, 6.45) is -0.424. The van der Waals surface area contributed by atoms with Gasteiger partial charge in [-0.1, -0.05) is 0 Å². The van der Waals surface area contributed by atoms with E-state index in [0.29, 0.717) is 5.75 Å². The summed E-state index contributed by atoms with van der Waals surface area (Å²) in [5.74, 6) is 0.614. The van der Waals surface area contributed by atoms with Gasteiger partial charge in [0.05, 0.1) is 0 Å². The second kappa shape index (κ2) is 4.71. The molecular formula is C11H17AsNO2+. The van der Waals surface area contributed by atoms with E-state index in [1.54, 1.807) is 13.1 Å². The van der Waals surface area contributed by atoms with Crippen LogP contribution in [0.15, 0.2) is 24.3 Å². The molecule has 3 nitrogen and oxygen atoms in total. The molecule has 0 atom stereocenters. The van der Waals surface area contributed by atoms with Crippen LogP contribution in [0.4, 0.5) is 4.79 Å². The van der Waals surface area contributed by atoms with Crippen molar-refractivity contribution in [1.29, 1.82) is 0 Å². The standard InChI is InChI=1S/C11H16AsNO2/c1-12(2,3)9-6-5-7-10(8-9)15-11(14)13-4/h5-8H,1-4H3/p+1. The van der Waals surface area contributed by atoms with Crippen LogP contribution in [0.2, 0.25) is 17.1 Å². The first-order valence-corrected chi connectivity index (χ1v) is 11.3. The molecule has 82 valence electrons. The summed E-state index contributed by atoms with van der Waals surface area (Å²) in [6, 6.07) is 7.79. The first-order chi connectivity index (χ1) is 6.93. The van der Waals surface area contributed by atoms with Crippen molar-refractivity contribution >= 4 is 24.0 Å². The molecule has 1 aromatic carbocycles. The number of carbonyl (C=O) groups excluding carboxylic acids is 1. The number of hydrogen-bond acceptors (Lipinski definition) is 2.